The van der Waals surface area contributed by atoms with Crippen molar-refractivity contribution in [1.82, 2.24) is 5.32 Å². The predicted octanol–water partition coefficient (Wildman–Crippen LogP) is 3.39. The van der Waals surface area contributed by atoms with Gasteiger partial charge in [-0.1, -0.05) is 36.4 Å². The molecule has 1 atom stereocenters. The first-order chi connectivity index (χ1) is 8.93. The van der Waals surface area contributed by atoms with E-state index < -0.39 is 0 Å². The molecule has 2 heteroatoms. The summed E-state index contributed by atoms with van der Waals surface area (Å²) in [6.45, 7) is 2.24. The first-order valence-electron chi connectivity index (χ1n) is 6.88. The highest BCUT2D eigenvalue weighted by Gasteiger charge is 2.12. The molecule has 0 aliphatic carbocycles. The molecule has 2 aromatic carbocycles. The number of nitrogens with one attached hydrogen (secondary N) is 2. The van der Waals surface area contributed by atoms with E-state index in [1.807, 2.05) is 0 Å². The quantitative estimate of drug-likeness (QED) is 0.856. The minimum atomic E-state index is 0.715. The van der Waals surface area contributed by atoms with E-state index in [2.05, 4.69) is 53.1 Å². The summed E-state index contributed by atoms with van der Waals surface area (Å²) in [7, 11) is 0. The Hall–Kier alpha value is -1.54. The molecule has 2 aromatic rings. The highest BCUT2D eigenvalue weighted by molar-refractivity contribution is 5.93. The molecule has 2 N–H and O–H groups in total. The van der Waals surface area contributed by atoms with Gasteiger partial charge in [-0.15, -0.1) is 0 Å². The van der Waals surface area contributed by atoms with Gasteiger partial charge in [-0.05, 0) is 37.3 Å². The molecule has 1 fully saturated rings. The van der Waals surface area contributed by atoms with Crippen molar-refractivity contribution in [2.45, 2.75) is 25.3 Å². The third kappa shape index (κ3) is 2.49. The highest BCUT2D eigenvalue weighted by Crippen LogP contribution is 2.23. The molecule has 0 amide bonds. The lowest BCUT2D eigenvalue weighted by Gasteiger charge is -2.13. The smallest absolute Gasteiger partial charge is 0.0419 e. The zero-order valence-electron chi connectivity index (χ0n) is 10.7. The Morgan fingerprint density at radius 2 is 2.00 bits per heavy atom. The van der Waals surface area contributed by atoms with Crippen molar-refractivity contribution >= 4 is 16.5 Å². The van der Waals surface area contributed by atoms with Crippen LogP contribution < -0.4 is 10.6 Å². The average Bonchev–Trinajstić information content (AvgIpc) is 2.92. The van der Waals surface area contributed by atoms with E-state index in [1.165, 1.54) is 42.3 Å². The Morgan fingerprint density at radius 1 is 1.11 bits per heavy atom. The van der Waals surface area contributed by atoms with E-state index in [1.54, 1.807) is 0 Å². The van der Waals surface area contributed by atoms with E-state index in [0.29, 0.717) is 6.04 Å². The van der Waals surface area contributed by atoms with Crippen molar-refractivity contribution < 1.29 is 0 Å². The number of rotatable bonds is 4. The summed E-state index contributed by atoms with van der Waals surface area (Å²) in [5, 5.41) is 9.74. The number of anilines is 1. The molecular weight excluding hydrogens is 220 g/mol. The molecule has 3 rings (SSSR count). The maximum atomic E-state index is 3.57. The molecule has 1 aliphatic heterocycles. The molecule has 0 saturated carbocycles. The molecule has 1 heterocycles. The van der Waals surface area contributed by atoms with Crippen LogP contribution in [0.5, 0.6) is 0 Å². The summed E-state index contributed by atoms with van der Waals surface area (Å²) >= 11 is 0. The van der Waals surface area contributed by atoms with Crippen molar-refractivity contribution in [3.63, 3.8) is 0 Å². The Balaban J connectivity index is 1.66. The standard InChI is InChI=1S/C16H20N2/c1-2-8-15-13(5-1)6-3-9-16(15)18-12-10-14-7-4-11-17-14/h1-3,5-6,8-9,14,17-18H,4,7,10-12H2. The third-order valence-electron chi connectivity index (χ3n) is 3.76. The van der Waals surface area contributed by atoms with E-state index >= 15 is 0 Å². The second-order valence-corrected chi connectivity index (χ2v) is 5.04. The predicted molar refractivity (Wildman–Crippen MR) is 78.1 cm³/mol. The summed E-state index contributed by atoms with van der Waals surface area (Å²) in [5.74, 6) is 0. The largest absolute Gasteiger partial charge is 0.384 e. The van der Waals surface area contributed by atoms with Gasteiger partial charge in [0, 0.05) is 23.7 Å². The summed E-state index contributed by atoms with van der Waals surface area (Å²) in [6, 6.07) is 15.7. The van der Waals surface area contributed by atoms with Crippen LogP contribution in [0.3, 0.4) is 0 Å². The van der Waals surface area contributed by atoms with Crippen molar-refractivity contribution in [3.8, 4) is 0 Å². The lowest BCUT2D eigenvalue weighted by molar-refractivity contribution is 0.574. The van der Waals surface area contributed by atoms with Gasteiger partial charge in [-0.3, -0.25) is 0 Å². The van der Waals surface area contributed by atoms with Crippen LogP contribution in [0.2, 0.25) is 0 Å². The van der Waals surface area contributed by atoms with Gasteiger partial charge in [0.1, 0.15) is 0 Å². The summed E-state index contributed by atoms with van der Waals surface area (Å²) < 4.78 is 0. The van der Waals surface area contributed by atoms with Crippen LogP contribution in [-0.2, 0) is 0 Å². The van der Waals surface area contributed by atoms with Gasteiger partial charge in [-0.25, -0.2) is 0 Å². The normalized spacial score (nSPS) is 19.2. The fourth-order valence-corrected chi connectivity index (χ4v) is 2.76. The number of hydrogen-bond donors (Lipinski definition) is 2. The SMILES string of the molecule is c1ccc2c(NCCC3CCCN3)cccc2c1. The van der Waals surface area contributed by atoms with Crippen molar-refractivity contribution in [2.75, 3.05) is 18.4 Å². The highest BCUT2D eigenvalue weighted by atomic mass is 14.9. The molecule has 2 nitrogen and oxygen atoms in total. The van der Waals surface area contributed by atoms with Crippen LogP contribution in [0.25, 0.3) is 10.8 Å². The Labute approximate surface area is 108 Å². The van der Waals surface area contributed by atoms with Gasteiger partial charge in [0.15, 0.2) is 0 Å². The van der Waals surface area contributed by atoms with Gasteiger partial charge in [-0.2, -0.15) is 0 Å². The topological polar surface area (TPSA) is 24.1 Å². The monoisotopic (exact) mass is 240 g/mol. The van der Waals surface area contributed by atoms with Crippen LogP contribution in [0.1, 0.15) is 19.3 Å². The second kappa shape index (κ2) is 5.40. The molecule has 18 heavy (non-hydrogen) atoms. The zero-order chi connectivity index (χ0) is 12.2. The zero-order valence-corrected chi connectivity index (χ0v) is 10.7. The molecular formula is C16H20N2. The first-order valence-corrected chi connectivity index (χ1v) is 6.88. The Kier molecular flexibility index (Phi) is 3.47. The summed E-state index contributed by atoms with van der Waals surface area (Å²) in [6.07, 6.45) is 3.87. The lowest BCUT2D eigenvalue weighted by atomic mass is 10.1. The Bertz CT molecular complexity index is 510. The molecule has 0 aromatic heterocycles. The van der Waals surface area contributed by atoms with Gasteiger partial charge in [0.2, 0.25) is 0 Å². The van der Waals surface area contributed by atoms with Crippen LogP contribution >= 0.6 is 0 Å². The van der Waals surface area contributed by atoms with Crippen molar-refractivity contribution in [3.05, 3.63) is 42.5 Å². The summed E-state index contributed by atoms with van der Waals surface area (Å²) in [5.41, 5.74) is 1.26. The van der Waals surface area contributed by atoms with Gasteiger partial charge >= 0.3 is 0 Å². The van der Waals surface area contributed by atoms with Crippen LogP contribution in [-0.4, -0.2) is 19.1 Å². The summed E-state index contributed by atoms with van der Waals surface area (Å²) in [4.78, 5) is 0. The average molecular weight is 240 g/mol. The third-order valence-corrected chi connectivity index (χ3v) is 3.76. The number of fused-ring (bicyclic) bond motifs is 1. The fourth-order valence-electron chi connectivity index (χ4n) is 2.76. The molecule has 1 unspecified atom stereocenters. The van der Waals surface area contributed by atoms with Gasteiger partial charge in [0.05, 0.1) is 0 Å². The van der Waals surface area contributed by atoms with Crippen molar-refractivity contribution in [1.29, 1.82) is 0 Å². The maximum Gasteiger partial charge on any atom is 0.0419 e. The fraction of sp³-hybridized carbons (Fsp3) is 0.375. The van der Waals surface area contributed by atoms with Crippen LogP contribution in [0.4, 0.5) is 5.69 Å². The van der Waals surface area contributed by atoms with Crippen LogP contribution in [0.15, 0.2) is 42.5 Å². The molecule has 94 valence electrons. The van der Waals surface area contributed by atoms with E-state index in [0.717, 1.165) is 6.54 Å². The lowest BCUT2D eigenvalue weighted by Crippen LogP contribution is -2.24. The van der Waals surface area contributed by atoms with Gasteiger partial charge < -0.3 is 10.6 Å². The van der Waals surface area contributed by atoms with Crippen LogP contribution in [0, 0.1) is 0 Å². The van der Waals surface area contributed by atoms with Crippen molar-refractivity contribution in [2.24, 2.45) is 0 Å². The first kappa shape index (κ1) is 11.5. The molecule has 1 saturated heterocycles. The second-order valence-electron chi connectivity index (χ2n) is 5.04. The number of benzene rings is 2. The molecule has 0 bridgehead atoms. The molecule has 0 radical (unpaired) electrons. The maximum absolute atomic E-state index is 3.57. The van der Waals surface area contributed by atoms with E-state index in [9.17, 15) is 0 Å². The minimum absolute atomic E-state index is 0.715. The minimum Gasteiger partial charge on any atom is -0.384 e. The number of hydrogen-bond acceptors (Lipinski definition) is 2. The van der Waals surface area contributed by atoms with E-state index in [-0.39, 0.29) is 0 Å². The molecule has 0 spiro atoms. The van der Waals surface area contributed by atoms with Gasteiger partial charge in [0.25, 0.3) is 0 Å². The molecule has 1 aliphatic rings. The van der Waals surface area contributed by atoms with E-state index in [4.69, 9.17) is 0 Å². The Morgan fingerprint density at radius 3 is 2.89 bits per heavy atom.